The van der Waals surface area contributed by atoms with Crippen molar-refractivity contribution in [3.63, 3.8) is 0 Å². The molecule has 7 heteroatoms. The summed E-state index contributed by atoms with van der Waals surface area (Å²) in [6.07, 6.45) is 3.70. The summed E-state index contributed by atoms with van der Waals surface area (Å²) in [6, 6.07) is 24.8. The molecular formula is C37H38FGeIrN3S-2. The number of fused-ring (bicyclic) bond motifs is 3. The maximum Gasteiger partial charge on any atom is 0.113 e. The first kappa shape index (κ1) is 31.2. The van der Waals surface area contributed by atoms with Crippen molar-refractivity contribution >= 4 is 49.3 Å². The molecule has 0 spiro atoms. The minimum atomic E-state index is -2.10. The number of pyridine rings is 3. The molecule has 1 radical (unpaired) electrons. The number of hydrogen-bond donors (Lipinski definition) is 0. The van der Waals surface area contributed by atoms with Crippen molar-refractivity contribution in [2.45, 2.75) is 63.7 Å². The predicted molar refractivity (Wildman–Crippen MR) is 184 cm³/mol. The Morgan fingerprint density at radius 3 is 2.32 bits per heavy atom. The molecule has 3 nitrogen and oxygen atoms in total. The van der Waals surface area contributed by atoms with E-state index in [-0.39, 0.29) is 25.9 Å². The summed E-state index contributed by atoms with van der Waals surface area (Å²) in [5.41, 5.74) is 6.36. The molecule has 2 aromatic carbocycles. The molecular weight excluding hydrogens is 802 g/mol. The average Bonchev–Trinajstić information content (AvgIpc) is 3.34. The Bertz CT molecular complexity index is 1990. The van der Waals surface area contributed by atoms with Crippen LogP contribution in [0.25, 0.3) is 42.8 Å². The normalized spacial score (nSPS) is 12.7. The van der Waals surface area contributed by atoms with Gasteiger partial charge in [0.2, 0.25) is 0 Å². The van der Waals surface area contributed by atoms with Gasteiger partial charge in [0.1, 0.15) is 4.83 Å². The van der Waals surface area contributed by atoms with Crippen LogP contribution in [0.5, 0.6) is 0 Å². The van der Waals surface area contributed by atoms with Gasteiger partial charge in [-0.25, -0.2) is 4.98 Å². The van der Waals surface area contributed by atoms with Gasteiger partial charge in [0, 0.05) is 33.4 Å². The van der Waals surface area contributed by atoms with Crippen LogP contribution in [0.1, 0.15) is 59.0 Å². The number of rotatable bonds is 5. The maximum absolute atomic E-state index is 13.0. The van der Waals surface area contributed by atoms with Crippen LogP contribution in [0.15, 0.2) is 73.1 Å². The first-order valence-corrected chi connectivity index (χ1v) is 22.5. The molecule has 0 fully saturated rings. The summed E-state index contributed by atoms with van der Waals surface area (Å²) in [7, 11) is 0. The zero-order valence-corrected chi connectivity index (χ0v) is 31.7. The van der Waals surface area contributed by atoms with Crippen LogP contribution in [0.2, 0.25) is 17.3 Å². The molecule has 0 aliphatic rings. The van der Waals surface area contributed by atoms with E-state index in [9.17, 15) is 4.39 Å². The largest absolute Gasteiger partial charge is 0.305 e. The molecule has 0 aliphatic heterocycles. The molecule has 0 amide bonds. The third-order valence-corrected chi connectivity index (χ3v) is 12.7. The fourth-order valence-electron chi connectivity index (χ4n) is 4.96. The summed E-state index contributed by atoms with van der Waals surface area (Å²) < 4.78 is 32.1. The van der Waals surface area contributed by atoms with Crippen LogP contribution >= 0.6 is 11.3 Å². The van der Waals surface area contributed by atoms with E-state index in [4.69, 9.17) is 2.74 Å². The fourth-order valence-corrected chi connectivity index (χ4v) is 9.51. The monoisotopic (exact) mass is 844 g/mol. The SMILES string of the molecule is [2H]C(C)(C)c1cc(-c2[c-]cc(F)cc2)nc[c]1[Ge]([CH3])([CH3])[CH3].[2H]C(C)(C)c1ccnc(-c2[c-]ccc3c2sc2nc(C)ccc23)c1.[Ir]. The van der Waals surface area contributed by atoms with Crippen LogP contribution < -0.4 is 4.40 Å². The maximum atomic E-state index is 13.0. The molecule has 0 unspecified atom stereocenters. The van der Waals surface area contributed by atoms with Gasteiger partial charge in [-0.1, -0.05) is 36.9 Å². The summed E-state index contributed by atoms with van der Waals surface area (Å²) >= 11 is -0.415. The van der Waals surface area contributed by atoms with Gasteiger partial charge in [0.15, 0.2) is 0 Å². The standard InChI is InChI=1S/C20H17N2S.C17H21FGeN.Ir/c1-12(2)14-9-10-21-18(11-14)17-6-4-5-15-16-8-7-13(3)22-20(16)23-19(15)17;1-12(2)15-10-17(13-6-8-14(18)9-7-13)20-11-16(15)19(3,4)5;/h4-5,7-12H,1-3H3;6,8-12H,1-5H3;/q2*-1;/i2*12D;. The van der Waals surface area contributed by atoms with E-state index in [1.165, 1.54) is 27.3 Å². The molecule has 0 bridgehead atoms. The minimum absolute atomic E-state index is 0. The summed E-state index contributed by atoms with van der Waals surface area (Å²) in [5.74, 6) is 5.28. The van der Waals surface area contributed by atoms with Crippen LogP contribution in [0.4, 0.5) is 4.39 Å². The van der Waals surface area contributed by atoms with Crippen molar-refractivity contribution in [1.29, 1.82) is 0 Å². The summed E-state index contributed by atoms with van der Waals surface area (Å²) in [6.45, 7) is 9.60. The molecule has 0 saturated carbocycles. The van der Waals surface area contributed by atoms with Crippen molar-refractivity contribution in [2.24, 2.45) is 0 Å². The topological polar surface area (TPSA) is 38.7 Å². The Morgan fingerprint density at radius 2 is 1.66 bits per heavy atom. The zero-order valence-electron chi connectivity index (χ0n) is 28.4. The second-order valence-electron chi connectivity index (χ2n) is 12.2. The number of nitrogens with zero attached hydrogens (tertiary/aromatic N) is 3. The Balaban J connectivity index is 0.000000207. The first-order valence-electron chi connectivity index (χ1n) is 15.4. The van der Waals surface area contributed by atoms with E-state index in [0.717, 1.165) is 48.9 Å². The predicted octanol–water partition coefficient (Wildman–Crippen LogP) is 10.1. The molecule has 0 atom stereocenters. The molecule has 0 N–H and O–H groups in total. The van der Waals surface area contributed by atoms with Gasteiger partial charge in [-0.05, 0) is 40.7 Å². The molecule has 6 rings (SSSR count). The van der Waals surface area contributed by atoms with E-state index >= 15 is 0 Å². The Hall–Kier alpha value is -2.77. The van der Waals surface area contributed by atoms with Gasteiger partial charge in [0.05, 0.1) is 0 Å². The summed E-state index contributed by atoms with van der Waals surface area (Å²) in [4.78, 5) is 14.8. The van der Waals surface area contributed by atoms with Gasteiger partial charge in [0.25, 0.3) is 0 Å². The van der Waals surface area contributed by atoms with E-state index in [1.807, 2.05) is 71.1 Å². The van der Waals surface area contributed by atoms with Gasteiger partial charge in [-0.3, -0.25) is 0 Å². The van der Waals surface area contributed by atoms with Crippen LogP contribution in [-0.4, -0.2) is 28.2 Å². The van der Waals surface area contributed by atoms with Gasteiger partial charge < -0.3 is 4.98 Å². The molecule has 4 aromatic heterocycles. The number of aryl methyl sites for hydroxylation is 1. The second kappa shape index (κ2) is 14.1. The first-order chi connectivity index (χ1) is 21.0. The van der Waals surface area contributed by atoms with Crippen molar-refractivity contribution in [2.75, 3.05) is 0 Å². The van der Waals surface area contributed by atoms with Gasteiger partial charge in [-0.15, -0.1) is 23.8 Å². The van der Waals surface area contributed by atoms with Crippen molar-refractivity contribution < 1.29 is 27.2 Å². The third kappa shape index (κ3) is 7.54. The Kier molecular flexibility index (Phi) is 10.0. The van der Waals surface area contributed by atoms with Gasteiger partial charge >= 0.3 is 125 Å². The van der Waals surface area contributed by atoms with E-state index in [1.54, 1.807) is 23.6 Å². The van der Waals surface area contributed by atoms with Crippen molar-refractivity contribution in [3.8, 4) is 22.5 Å². The number of benzene rings is 2. The van der Waals surface area contributed by atoms with Crippen LogP contribution in [0, 0.1) is 24.9 Å². The van der Waals surface area contributed by atoms with E-state index in [0.29, 0.717) is 0 Å². The number of hydrogen-bond acceptors (Lipinski definition) is 4. The minimum Gasteiger partial charge on any atom is -0.305 e. The van der Waals surface area contributed by atoms with Crippen molar-refractivity contribution in [1.82, 2.24) is 15.0 Å². The molecule has 0 saturated heterocycles. The zero-order chi connectivity index (χ0) is 32.7. The third-order valence-electron chi connectivity index (χ3n) is 7.33. The van der Waals surface area contributed by atoms with Crippen LogP contribution in [0.3, 0.4) is 0 Å². The molecule has 229 valence electrons. The number of aromatic nitrogens is 3. The quantitative estimate of drug-likeness (QED) is 0.128. The van der Waals surface area contributed by atoms with Crippen LogP contribution in [-0.2, 0) is 20.1 Å². The Labute approximate surface area is 283 Å². The summed E-state index contributed by atoms with van der Waals surface area (Å²) in [5, 5.41) is 2.36. The molecule has 44 heavy (non-hydrogen) atoms. The molecule has 4 heterocycles. The number of halogens is 1. The second-order valence-corrected chi connectivity index (χ2v) is 23.8. The van der Waals surface area contributed by atoms with E-state index in [2.05, 4.69) is 56.5 Å². The fraction of sp³-hybridized carbons (Fsp3) is 0.270. The van der Waals surface area contributed by atoms with Gasteiger partial charge in [-0.2, -0.15) is 11.3 Å². The van der Waals surface area contributed by atoms with Crippen molar-refractivity contribution in [3.05, 3.63) is 108 Å². The molecule has 0 aliphatic carbocycles. The smallest absolute Gasteiger partial charge is 0.113 e. The average molecular weight is 843 g/mol. The Morgan fingerprint density at radius 1 is 0.886 bits per heavy atom. The van der Waals surface area contributed by atoms with E-state index < -0.39 is 25.1 Å². The number of thiophene rings is 1. The molecule has 6 aromatic rings.